The Hall–Kier alpha value is -1.99. The average molecular weight is 337 g/mol. The van der Waals surface area contributed by atoms with Crippen LogP contribution in [0, 0.1) is 5.92 Å². The van der Waals surface area contributed by atoms with E-state index in [0.29, 0.717) is 10.2 Å². The quantitative estimate of drug-likeness (QED) is 0.933. The minimum absolute atomic E-state index is 0.0672. The molecular weight excluding hydrogens is 324 g/mol. The van der Waals surface area contributed by atoms with Gasteiger partial charge in [-0.2, -0.15) is 0 Å². The topological polar surface area (TPSA) is 75.2 Å². The van der Waals surface area contributed by atoms with Gasteiger partial charge in [-0.15, -0.1) is 10.2 Å². The molecule has 2 aromatic rings. The molecular formula is C14H13ClN4O2S. The van der Waals surface area contributed by atoms with Crippen molar-refractivity contribution in [3.05, 3.63) is 40.4 Å². The molecule has 1 fully saturated rings. The van der Waals surface area contributed by atoms with Crippen LogP contribution >= 0.6 is 22.9 Å². The van der Waals surface area contributed by atoms with E-state index in [2.05, 4.69) is 15.5 Å². The van der Waals surface area contributed by atoms with E-state index in [1.54, 1.807) is 24.1 Å². The molecule has 1 aromatic heterocycles. The van der Waals surface area contributed by atoms with Crippen LogP contribution in [0.1, 0.15) is 18.0 Å². The number of aromatic nitrogens is 2. The van der Waals surface area contributed by atoms with Gasteiger partial charge in [0.1, 0.15) is 5.51 Å². The van der Waals surface area contributed by atoms with Crippen molar-refractivity contribution in [1.82, 2.24) is 15.1 Å². The summed E-state index contributed by atoms with van der Waals surface area (Å²) in [6.07, 6.45) is 0.165. The highest BCUT2D eigenvalue weighted by molar-refractivity contribution is 7.13. The number of likely N-dealkylation sites (tertiary alicyclic amines) is 1. The SMILES string of the molecule is CN1C(=O)C[C@@H](C(=O)Nc2nncs2)[C@H]1c1cccc(Cl)c1. The fourth-order valence-corrected chi connectivity index (χ4v) is 3.32. The number of halogens is 1. The average Bonchev–Trinajstić information content (AvgIpc) is 3.08. The first-order chi connectivity index (χ1) is 10.6. The van der Waals surface area contributed by atoms with Crippen LogP contribution in [-0.2, 0) is 9.59 Å². The van der Waals surface area contributed by atoms with E-state index in [0.717, 1.165) is 5.56 Å². The van der Waals surface area contributed by atoms with Crippen molar-refractivity contribution in [2.45, 2.75) is 12.5 Å². The Morgan fingerprint density at radius 1 is 1.50 bits per heavy atom. The number of nitrogens with zero attached hydrogens (tertiary/aromatic N) is 3. The Morgan fingerprint density at radius 2 is 2.32 bits per heavy atom. The summed E-state index contributed by atoms with van der Waals surface area (Å²) in [7, 11) is 1.70. The van der Waals surface area contributed by atoms with E-state index in [9.17, 15) is 9.59 Å². The Kier molecular flexibility index (Phi) is 4.08. The van der Waals surface area contributed by atoms with Crippen LogP contribution in [-0.4, -0.2) is 34.0 Å². The zero-order valence-corrected chi connectivity index (χ0v) is 13.3. The molecule has 114 valence electrons. The first kappa shape index (κ1) is 14.9. The third-order valence-electron chi connectivity index (χ3n) is 3.70. The monoisotopic (exact) mass is 336 g/mol. The molecule has 1 aromatic carbocycles. The Morgan fingerprint density at radius 3 is 3.00 bits per heavy atom. The number of carbonyl (C=O) groups excluding carboxylic acids is 2. The fourth-order valence-electron chi connectivity index (χ4n) is 2.68. The largest absolute Gasteiger partial charge is 0.338 e. The van der Waals surface area contributed by atoms with Crippen LogP contribution in [0.4, 0.5) is 5.13 Å². The number of rotatable bonds is 3. The van der Waals surface area contributed by atoms with E-state index in [1.165, 1.54) is 16.8 Å². The molecule has 2 amide bonds. The lowest BCUT2D eigenvalue weighted by Crippen LogP contribution is -2.30. The highest BCUT2D eigenvalue weighted by Gasteiger charge is 2.42. The second kappa shape index (κ2) is 6.02. The second-order valence-electron chi connectivity index (χ2n) is 5.05. The van der Waals surface area contributed by atoms with E-state index in [1.807, 2.05) is 12.1 Å². The molecule has 6 nitrogen and oxygen atoms in total. The van der Waals surface area contributed by atoms with E-state index >= 15 is 0 Å². The highest BCUT2D eigenvalue weighted by Crippen LogP contribution is 2.38. The third-order valence-corrected chi connectivity index (χ3v) is 4.55. The second-order valence-corrected chi connectivity index (χ2v) is 6.32. The van der Waals surface area contributed by atoms with Crippen LogP contribution in [0.3, 0.4) is 0 Å². The van der Waals surface area contributed by atoms with Crippen molar-refractivity contribution in [3.63, 3.8) is 0 Å². The lowest BCUT2D eigenvalue weighted by Gasteiger charge is -2.24. The maximum absolute atomic E-state index is 12.5. The maximum Gasteiger partial charge on any atom is 0.232 e. The first-order valence-electron chi connectivity index (χ1n) is 6.64. The summed E-state index contributed by atoms with van der Waals surface area (Å²) in [5.41, 5.74) is 2.38. The number of nitrogens with one attached hydrogen (secondary N) is 1. The van der Waals surface area contributed by atoms with Gasteiger partial charge in [-0.25, -0.2) is 0 Å². The van der Waals surface area contributed by atoms with Gasteiger partial charge in [0.25, 0.3) is 0 Å². The number of amides is 2. The molecule has 0 radical (unpaired) electrons. The predicted molar refractivity (Wildman–Crippen MR) is 83.6 cm³/mol. The predicted octanol–water partition coefficient (Wildman–Crippen LogP) is 2.35. The zero-order valence-electron chi connectivity index (χ0n) is 11.7. The Labute approximate surface area is 136 Å². The Bertz CT molecular complexity index is 707. The minimum atomic E-state index is -0.486. The number of benzene rings is 1. The molecule has 1 N–H and O–H groups in total. The van der Waals surface area contributed by atoms with Gasteiger partial charge in [0.05, 0.1) is 12.0 Å². The third kappa shape index (κ3) is 2.82. The van der Waals surface area contributed by atoms with Crippen molar-refractivity contribution >= 4 is 39.9 Å². The summed E-state index contributed by atoms with van der Waals surface area (Å²) in [4.78, 5) is 26.1. The summed E-state index contributed by atoms with van der Waals surface area (Å²) in [5, 5.41) is 11.2. The molecule has 22 heavy (non-hydrogen) atoms. The van der Waals surface area contributed by atoms with Gasteiger partial charge in [0.2, 0.25) is 16.9 Å². The van der Waals surface area contributed by atoms with Crippen LogP contribution in [0.2, 0.25) is 5.02 Å². The number of hydrogen-bond acceptors (Lipinski definition) is 5. The number of anilines is 1. The van der Waals surface area contributed by atoms with Crippen LogP contribution in [0.15, 0.2) is 29.8 Å². The van der Waals surface area contributed by atoms with Gasteiger partial charge in [-0.3, -0.25) is 9.59 Å². The first-order valence-corrected chi connectivity index (χ1v) is 7.90. The molecule has 0 saturated carbocycles. The zero-order chi connectivity index (χ0) is 15.7. The molecule has 1 saturated heterocycles. The normalized spacial score (nSPS) is 21.2. The van der Waals surface area contributed by atoms with Crippen LogP contribution in [0.5, 0.6) is 0 Å². The smallest absolute Gasteiger partial charge is 0.232 e. The molecule has 1 aliphatic heterocycles. The fraction of sp³-hybridized carbons (Fsp3) is 0.286. The minimum Gasteiger partial charge on any atom is -0.338 e. The lowest BCUT2D eigenvalue weighted by atomic mass is 9.93. The van der Waals surface area contributed by atoms with Crippen molar-refractivity contribution in [2.75, 3.05) is 12.4 Å². The summed E-state index contributed by atoms with van der Waals surface area (Å²) >= 11 is 7.27. The van der Waals surface area contributed by atoms with Crippen LogP contribution in [0.25, 0.3) is 0 Å². The maximum atomic E-state index is 12.5. The molecule has 0 spiro atoms. The van der Waals surface area contributed by atoms with Gasteiger partial charge < -0.3 is 10.2 Å². The van der Waals surface area contributed by atoms with Crippen molar-refractivity contribution < 1.29 is 9.59 Å². The standard InChI is InChI=1S/C14H13ClN4O2S/c1-19-11(20)6-10(13(21)17-14-18-16-7-22-14)12(19)8-3-2-4-9(15)5-8/h2-5,7,10,12H,6H2,1H3,(H,17,18,21)/t10-,12-/m1/s1. The van der Waals surface area contributed by atoms with Gasteiger partial charge in [-0.05, 0) is 17.7 Å². The van der Waals surface area contributed by atoms with E-state index in [4.69, 9.17) is 11.6 Å². The molecule has 0 bridgehead atoms. The van der Waals surface area contributed by atoms with E-state index in [-0.39, 0.29) is 24.3 Å². The summed E-state index contributed by atoms with van der Waals surface area (Å²) in [6.45, 7) is 0. The molecule has 1 aliphatic rings. The van der Waals surface area contributed by atoms with Gasteiger partial charge in [0.15, 0.2) is 0 Å². The van der Waals surface area contributed by atoms with Crippen LogP contribution < -0.4 is 5.32 Å². The highest BCUT2D eigenvalue weighted by atomic mass is 35.5. The molecule has 0 unspecified atom stereocenters. The molecule has 0 aliphatic carbocycles. The Balaban J connectivity index is 1.88. The van der Waals surface area contributed by atoms with Gasteiger partial charge >= 0.3 is 0 Å². The molecule has 3 rings (SSSR count). The van der Waals surface area contributed by atoms with Gasteiger partial charge in [-0.1, -0.05) is 35.1 Å². The van der Waals surface area contributed by atoms with Crippen molar-refractivity contribution in [3.8, 4) is 0 Å². The molecule has 2 atom stereocenters. The lowest BCUT2D eigenvalue weighted by molar-refractivity contribution is -0.127. The molecule has 8 heteroatoms. The summed E-state index contributed by atoms with van der Waals surface area (Å²) < 4.78 is 0. The summed E-state index contributed by atoms with van der Waals surface area (Å²) in [6, 6.07) is 6.90. The van der Waals surface area contributed by atoms with Gasteiger partial charge in [0, 0.05) is 18.5 Å². The summed E-state index contributed by atoms with van der Waals surface area (Å²) in [5.74, 6) is -0.790. The van der Waals surface area contributed by atoms with Crippen molar-refractivity contribution in [2.24, 2.45) is 5.92 Å². The number of hydrogen-bond donors (Lipinski definition) is 1. The number of carbonyl (C=O) groups is 2. The molecule has 2 heterocycles. The van der Waals surface area contributed by atoms with E-state index < -0.39 is 5.92 Å². The van der Waals surface area contributed by atoms with Crippen molar-refractivity contribution in [1.29, 1.82) is 0 Å².